The van der Waals surface area contributed by atoms with E-state index in [1.165, 1.54) is 0 Å². The molecule has 0 radical (unpaired) electrons. The molecule has 1 amide bonds. The number of fused-ring (bicyclic) bond motifs is 4. The van der Waals surface area contributed by atoms with Gasteiger partial charge in [0, 0.05) is 28.0 Å². The maximum absolute atomic E-state index is 12.7. The Bertz CT molecular complexity index is 1270. The van der Waals surface area contributed by atoms with Gasteiger partial charge in [0.25, 0.3) is 5.56 Å². The topological polar surface area (TPSA) is 98.2 Å². The summed E-state index contributed by atoms with van der Waals surface area (Å²) in [5, 5.41) is 8.58. The number of carbonyl (C=O) groups is 1. The Kier molecular flexibility index (Phi) is 3.75. The van der Waals surface area contributed by atoms with E-state index in [4.69, 9.17) is 9.47 Å². The number of hydrogen-bond acceptors (Lipinski definition) is 5. The van der Waals surface area contributed by atoms with E-state index < -0.39 is 0 Å². The second-order valence-corrected chi connectivity index (χ2v) is 6.47. The molecule has 5 rings (SSSR count). The third-order valence-corrected chi connectivity index (χ3v) is 4.64. The van der Waals surface area contributed by atoms with E-state index in [1.807, 2.05) is 24.3 Å². The number of amides is 1. The van der Waals surface area contributed by atoms with Crippen LogP contribution in [-0.4, -0.2) is 33.9 Å². The van der Waals surface area contributed by atoms with Crippen molar-refractivity contribution in [2.45, 2.75) is 6.54 Å². The summed E-state index contributed by atoms with van der Waals surface area (Å²) in [4.78, 5) is 28.3. The second-order valence-electron chi connectivity index (χ2n) is 6.47. The van der Waals surface area contributed by atoms with Crippen LogP contribution in [0.4, 0.5) is 5.69 Å². The van der Waals surface area contributed by atoms with E-state index >= 15 is 0 Å². The summed E-state index contributed by atoms with van der Waals surface area (Å²) in [6.45, 7) is 0.774. The number of aromatic nitrogens is 3. The molecule has 2 aromatic heterocycles. The Morgan fingerprint density at radius 2 is 1.93 bits per heavy atom. The molecule has 0 aliphatic carbocycles. The van der Waals surface area contributed by atoms with Gasteiger partial charge in [0.05, 0.1) is 6.20 Å². The molecule has 3 heterocycles. The van der Waals surface area contributed by atoms with Gasteiger partial charge in [-0.2, -0.15) is 5.10 Å². The zero-order chi connectivity index (χ0) is 19.1. The summed E-state index contributed by atoms with van der Waals surface area (Å²) in [5.74, 6) is 0.868. The molecular formula is C20H16N4O4. The minimum atomic E-state index is -0.360. The van der Waals surface area contributed by atoms with E-state index in [1.54, 1.807) is 24.4 Å². The first-order valence-corrected chi connectivity index (χ1v) is 8.85. The van der Waals surface area contributed by atoms with Gasteiger partial charge in [0.15, 0.2) is 11.5 Å². The van der Waals surface area contributed by atoms with Crippen LogP contribution in [0, 0.1) is 0 Å². The average molecular weight is 376 g/mol. The fourth-order valence-electron chi connectivity index (χ4n) is 3.35. The molecule has 0 atom stereocenters. The van der Waals surface area contributed by atoms with Gasteiger partial charge in [0.1, 0.15) is 25.3 Å². The number of benzene rings is 2. The van der Waals surface area contributed by atoms with Gasteiger partial charge in [-0.15, -0.1) is 0 Å². The van der Waals surface area contributed by atoms with Gasteiger partial charge in [-0.25, -0.2) is 4.68 Å². The number of anilines is 1. The fraction of sp³-hybridized carbons (Fsp3) is 0.150. The molecule has 2 aromatic carbocycles. The van der Waals surface area contributed by atoms with Crippen molar-refractivity contribution in [3.63, 3.8) is 0 Å². The highest BCUT2D eigenvalue weighted by atomic mass is 16.6. The first-order chi connectivity index (χ1) is 13.7. The van der Waals surface area contributed by atoms with E-state index in [-0.39, 0.29) is 18.0 Å². The van der Waals surface area contributed by atoms with Gasteiger partial charge < -0.3 is 19.8 Å². The lowest BCUT2D eigenvalue weighted by molar-refractivity contribution is -0.117. The van der Waals surface area contributed by atoms with Crippen molar-refractivity contribution in [2.75, 3.05) is 18.5 Å². The van der Waals surface area contributed by atoms with E-state index in [0.29, 0.717) is 35.9 Å². The summed E-state index contributed by atoms with van der Waals surface area (Å²) in [6, 6.07) is 12.8. The van der Waals surface area contributed by atoms with Crippen LogP contribution >= 0.6 is 0 Å². The average Bonchev–Trinajstić information content (AvgIpc) is 3.09. The lowest BCUT2D eigenvalue weighted by Gasteiger charge is -2.19. The molecule has 1 aliphatic heterocycles. The smallest absolute Gasteiger partial charge is 0.291 e. The number of nitrogens with one attached hydrogen (secondary N) is 2. The third-order valence-electron chi connectivity index (χ3n) is 4.64. The monoisotopic (exact) mass is 376 g/mol. The normalized spacial score (nSPS) is 13.0. The number of hydrogen-bond donors (Lipinski definition) is 2. The molecule has 8 nitrogen and oxygen atoms in total. The first-order valence-electron chi connectivity index (χ1n) is 8.85. The highest BCUT2D eigenvalue weighted by molar-refractivity contribution is 6.06. The Hall–Kier alpha value is -3.81. The predicted octanol–water partition coefficient (Wildman–Crippen LogP) is 2.29. The van der Waals surface area contributed by atoms with Crippen molar-refractivity contribution in [1.29, 1.82) is 0 Å². The zero-order valence-electron chi connectivity index (χ0n) is 14.8. The van der Waals surface area contributed by atoms with Gasteiger partial charge in [0.2, 0.25) is 5.91 Å². The van der Waals surface area contributed by atoms with Crippen LogP contribution < -0.4 is 20.3 Å². The first kappa shape index (κ1) is 16.4. The number of para-hydroxylation sites is 1. The van der Waals surface area contributed by atoms with Gasteiger partial charge in [-0.05, 0) is 18.2 Å². The number of ether oxygens (including phenoxy) is 2. The lowest BCUT2D eigenvalue weighted by Crippen LogP contribution is -2.29. The molecule has 0 spiro atoms. The van der Waals surface area contributed by atoms with Gasteiger partial charge in [-0.1, -0.05) is 18.2 Å². The van der Waals surface area contributed by atoms with E-state index in [9.17, 15) is 9.59 Å². The standard InChI is InChI=1S/C20H16N4O4/c25-18(22-12-5-6-16-17(9-12)28-8-7-27-16)11-24-20(26)19-14(10-21-24)13-3-1-2-4-15(13)23-19/h1-6,9-10,23H,7-8,11H2,(H,22,25). The van der Waals surface area contributed by atoms with Crippen molar-refractivity contribution < 1.29 is 14.3 Å². The Balaban J connectivity index is 1.40. The SMILES string of the molecule is O=C(Cn1ncc2c([nH]c3ccccc32)c1=O)Nc1ccc2c(c1)OCCO2. The van der Waals surface area contributed by atoms with Gasteiger partial charge >= 0.3 is 0 Å². The van der Waals surface area contributed by atoms with Crippen molar-refractivity contribution >= 4 is 33.4 Å². The summed E-state index contributed by atoms with van der Waals surface area (Å²) < 4.78 is 12.1. The molecule has 0 fully saturated rings. The fourth-order valence-corrected chi connectivity index (χ4v) is 3.35. The lowest BCUT2D eigenvalue weighted by atomic mass is 10.2. The Morgan fingerprint density at radius 3 is 2.82 bits per heavy atom. The molecule has 8 heteroatoms. The summed E-state index contributed by atoms with van der Waals surface area (Å²) in [6.07, 6.45) is 1.60. The molecule has 2 N–H and O–H groups in total. The highest BCUT2D eigenvalue weighted by Crippen LogP contribution is 2.32. The van der Waals surface area contributed by atoms with Gasteiger partial charge in [-0.3, -0.25) is 9.59 Å². The number of rotatable bonds is 3. The molecule has 4 aromatic rings. The van der Waals surface area contributed by atoms with Crippen molar-refractivity contribution in [1.82, 2.24) is 14.8 Å². The van der Waals surface area contributed by atoms with E-state index in [2.05, 4.69) is 15.4 Å². The molecule has 0 bridgehead atoms. The zero-order valence-corrected chi connectivity index (χ0v) is 14.8. The molecule has 28 heavy (non-hydrogen) atoms. The quantitative estimate of drug-likeness (QED) is 0.572. The summed E-state index contributed by atoms with van der Waals surface area (Å²) >= 11 is 0. The van der Waals surface area contributed by atoms with Crippen molar-refractivity contribution in [3.05, 3.63) is 59.0 Å². The molecule has 0 unspecified atom stereocenters. The van der Waals surface area contributed by atoms with Crippen LogP contribution in [0.25, 0.3) is 21.8 Å². The van der Waals surface area contributed by atoms with E-state index in [0.717, 1.165) is 21.0 Å². The molecule has 0 saturated heterocycles. The second kappa shape index (κ2) is 6.41. The number of H-pyrrole nitrogens is 1. The maximum Gasteiger partial charge on any atom is 0.291 e. The number of carbonyl (C=O) groups excluding carboxylic acids is 1. The predicted molar refractivity (Wildman–Crippen MR) is 104 cm³/mol. The third kappa shape index (κ3) is 2.75. The molecular weight excluding hydrogens is 360 g/mol. The van der Waals surface area contributed by atoms with Crippen LogP contribution in [-0.2, 0) is 11.3 Å². The van der Waals surface area contributed by atoms with Crippen LogP contribution in [0.2, 0.25) is 0 Å². The van der Waals surface area contributed by atoms with Crippen molar-refractivity contribution in [3.8, 4) is 11.5 Å². The minimum absolute atomic E-state index is 0.196. The molecule has 140 valence electrons. The number of aromatic amines is 1. The highest BCUT2D eigenvalue weighted by Gasteiger charge is 2.15. The van der Waals surface area contributed by atoms with Crippen LogP contribution in [0.5, 0.6) is 11.5 Å². The summed E-state index contributed by atoms with van der Waals surface area (Å²) in [7, 11) is 0. The van der Waals surface area contributed by atoms with Crippen LogP contribution in [0.3, 0.4) is 0 Å². The maximum atomic E-state index is 12.7. The molecule has 1 aliphatic rings. The largest absolute Gasteiger partial charge is 0.486 e. The Labute approximate surface area is 158 Å². The molecule has 0 saturated carbocycles. The Morgan fingerprint density at radius 1 is 1.11 bits per heavy atom. The number of nitrogens with zero attached hydrogens (tertiary/aromatic N) is 2. The van der Waals surface area contributed by atoms with Crippen LogP contribution in [0.1, 0.15) is 0 Å². The van der Waals surface area contributed by atoms with Crippen LogP contribution in [0.15, 0.2) is 53.5 Å². The minimum Gasteiger partial charge on any atom is -0.486 e. The summed E-state index contributed by atoms with van der Waals surface area (Å²) in [5.41, 5.74) is 1.51. The van der Waals surface area contributed by atoms with Crippen molar-refractivity contribution in [2.24, 2.45) is 0 Å².